The summed E-state index contributed by atoms with van der Waals surface area (Å²) in [5.41, 5.74) is -2.71. The third kappa shape index (κ3) is 2.70. The molecular formula is C21H28O7. The van der Waals surface area contributed by atoms with E-state index >= 15 is 0 Å². The number of hydrogen-bond donors (Lipinski definition) is 1. The number of esters is 3. The first kappa shape index (κ1) is 20.6. The van der Waals surface area contributed by atoms with Crippen LogP contribution in [0.2, 0.25) is 0 Å². The smallest absolute Gasteiger partial charge is 0.324 e. The van der Waals surface area contributed by atoms with Crippen molar-refractivity contribution in [1.29, 1.82) is 0 Å². The molecule has 7 heteroatoms. The van der Waals surface area contributed by atoms with Gasteiger partial charge in [-0.1, -0.05) is 6.08 Å². The molecule has 3 aliphatic carbocycles. The van der Waals surface area contributed by atoms with E-state index in [9.17, 15) is 19.5 Å². The summed E-state index contributed by atoms with van der Waals surface area (Å²) in [6.07, 6.45) is 5.07. The van der Waals surface area contributed by atoms with Crippen molar-refractivity contribution in [2.75, 3.05) is 19.8 Å². The van der Waals surface area contributed by atoms with Crippen LogP contribution in [-0.2, 0) is 28.6 Å². The van der Waals surface area contributed by atoms with Crippen molar-refractivity contribution in [3.63, 3.8) is 0 Å². The third-order valence-corrected chi connectivity index (χ3v) is 6.17. The van der Waals surface area contributed by atoms with Gasteiger partial charge in [0.2, 0.25) is 0 Å². The van der Waals surface area contributed by atoms with Gasteiger partial charge in [0.1, 0.15) is 11.0 Å². The Hall–Kier alpha value is -2.15. The number of ether oxygens (including phenoxy) is 3. The van der Waals surface area contributed by atoms with E-state index in [0.717, 1.165) is 0 Å². The molecule has 1 saturated carbocycles. The van der Waals surface area contributed by atoms with E-state index in [2.05, 4.69) is 0 Å². The van der Waals surface area contributed by atoms with Crippen molar-refractivity contribution in [3.05, 3.63) is 23.3 Å². The lowest BCUT2D eigenvalue weighted by Crippen LogP contribution is -2.48. The third-order valence-electron chi connectivity index (χ3n) is 6.17. The summed E-state index contributed by atoms with van der Waals surface area (Å²) >= 11 is 0. The SMILES string of the molecule is CCOC(=O)C1(C(=O)OCC)CC=C2C(=C[C@@]3(O)CCC[C@@]23C(=O)OCC)C1. The fraction of sp³-hybridized carbons (Fsp3) is 0.667. The summed E-state index contributed by atoms with van der Waals surface area (Å²) in [5, 5.41) is 11.3. The summed E-state index contributed by atoms with van der Waals surface area (Å²) in [6, 6.07) is 0. The first-order valence-corrected chi connectivity index (χ1v) is 9.98. The first-order chi connectivity index (χ1) is 13.3. The van der Waals surface area contributed by atoms with Crippen LogP contribution in [0.4, 0.5) is 0 Å². The molecule has 0 unspecified atom stereocenters. The zero-order chi connectivity index (χ0) is 20.6. The fourth-order valence-electron chi connectivity index (χ4n) is 4.96. The normalized spacial score (nSPS) is 29.9. The highest BCUT2D eigenvalue weighted by Gasteiger charge is 2.67. The Kier molecular flexibility index (Phi) is 5.40. The highest BCUT2D eigenvalue weighted by molar-refractivity contribution is 6.01. The molecule has 0 spiro atoms. The average Bonchev–Trinajstić information content (AvgIpc) is 3.10. The van der Waals surface area contributed by atoms with E-state index in [4.69, 9.17) is 14.2 Å². The van der Waals surface area contributed by atoms with E-state index in [1.165, 1.54) is 0 Å². The molecule has 0 aliphatic heterocycles. The molecule has 3 rings (SSSR count). The molecule has 154 valence electrons. The molecule has 0 aromatic heterocycles. The van der Waals surface area contributed by atoms with Gasteiger partial charge < -0.3 is 19.3 Å². The van der Waals surface area contributed by atoms with Crippen LogP contribution >= 0.6 is 0 Å². The number of allylic oxidation sites excluding steroid dienone is 2. The van der Waals surface area contributed by atoms with E-state index in [1.807, 2.05) is 0 Å². The maximum absolute atomic E-state index is 12.9. The van der Waals surface area contributed by atoms with Crippen molar-refractivity contribution >= 4 is 17.9 Å². The average molecular weight is 392 g/mol. The number of fused-ring (bicyclic) bond motifs is 3. The number of aliphatic hydroxyl groups is 1. The van der Waals surface area contributed by atoms with E-state index < -0.39 is 34.3 Å². The van der Waals surface area contributed by atoms with Crippen LogP contribution in [0.3, 0.4) is 0 Å². The molecule has 1 fully saturated rings. The standard InChI is InChI=1S/C21H28O7/c1-4-26-16(22)19(17(23)27-5-2)11-8-15-14(12-19)13-20(25)9-7-10-21(15,20)18(24)28-6-3/h8,13,25H,4-7,9-12H2,1-3H3/t20-,21-/m0/s1. The van der Waals surface area contributed by atoms with Gasteiger partial charge in [-0.05, 0) is 70.1 Å². The van der Waals surface area contributed by atoms with Gasteiger partial charge >= 0.3 is 17.9 Å². The minimum Gasteiger partial charge on any atom is -0.465 e. The van der Waals surface area contributed by atoms with Gasteiger partial charge in [0.25, 0.3) is 0 Å². The Morgan fingerprint density at radius 3 is 2.11 bits per heavy atom. The zero-order valence-corrected chi connectivity index (χ0v) is 16.7. The molecule has 28 heavy (non-hydrogen) atoms. The number of hydrogen-bond acceptors (Lipinski definition) is 7. The molecule has 3 aliphatic rings. The Labute approximate surface area is 164 Å². The van der Waals surface area contributed by atoms with Crippen molar-refractivity contribution in [1.82, 2.24) is 0 Å². The molecule has 0 aromatic carbocycles. The molecular weight excluding hydrogens is 364 g/mol. The lowest BCUT2D eigenvalue weighted by Gasteiger charge is -2.38. The second kappa shape index (κ2) is 7.35. The van der Waals surface area contributed by atoms with Crippen LogP contribution in [0.5, 0.6) is 0 Å². The van der Waals surface area contributed by atoms with E-state index in [1.54, 1.807) is 32.9 Å². The summed E-state index contributed by atoms with van der Waals surface area (Å²) in [4.78, 5) is 38.4. The highest BCUT2D eigenvalue weighted by Crippen LogP contribution is 2.63. The summed E-state index contributed by atoms with van der Waals surface area (Å²) in [7, 11) is 0. The largest absolute Gasteiger partial charge is 0.465 e. The van der Waals surface area contributed by atoms with Crippen molar-refractivity contribution < 1.29 is 33.7 Å². The van der Waals surface area contributed by atoms with Crippen LogP contribution < -0.4 is 0 Å². The molecule has 0 bridgehead atoms. The van der Waals surface area contributed by atoms with Crippen LogP contribution in [0, 0.1) is 10.8 Å². The van der Waals surface area contributed by atoms with Gasteiger partial charge in [0, 0.05) is 0 Å². The highest BCUT2D eigenvalue weighted by atomic mass is 16.6. The topological polar surface area (TPSA) is 99.1 Å². The number of rotatable bonds is 6. The summed E-state index contributed by atoms with van der Waals surface area (Å²) < 4.78 is 15.7. The summed E-state index contributed by atoms with van der Waals surface area (Å²) in [6.45, 7) is 5.60. The molecule has 1 N–H and O–H groups in total. The molecule has 0 aromatic rings. The second-order valence-electron chi connectivity index (χ2n) is 7.59. The lowest BCUT2D eigenvalue weighted by molar-refractivity contribution is -0.172. The quantitative estimate of drug-likeness (QED) is 0.420. The van der Waals surface area contributed by atoms with Crippen LogP contribution in [-0.4, -0.2) is 48.4 Å². The van der Waals surface area contributed by atoms with Gasteiger partial charge in [-0.25, -0.2) is 0 Å². The Morgan fingerprint density at radius 2 is 1.54 bits per heavy atom. The minimum atomic E-state index is -1.49. The predicted octanol–water partition coefficient (Wildman–Crippen LogP) is 2.22. The van der Waals surface area contributed by atoms with Crippen molar-refractivity contribution in [2.24, 2.45) is 10.8 Å². The first-order valence-electron chi connectivity index (χ1n) is 9.98. The predicted molar refractivity (Wildman–Crippen MR) is 99.0 cm³/mol. The number of carbonyl (C=O) groups excluding carboxylic acids is 3. The Balaban J connectivity index is 2.06. The van der Waals surface area contributed by atoms with Crippen LogP contribution in [0.1, 0.15) is 52.9 Å². The van der Waals surface area contributed by atoms with Crippen molar-refractivity contribution in [2.45, 2.75) is 58.5 Å². The maximum atomic E-state index is 12.9. The molecule has 7 nitrogen and oxygen atoms in total. The zero-order valence-electron chi connectivity index (χ0n) is 16.7. The van der Waals surface area contributed by atoms with Crippen LogP contribution in [0.25, 0.3) is 0 Å². The molecule has 0 heterocycles. The van der Waals surface area contributed by atoms with Gasteiger partial charge in [0.15, 0.2) is 5.41 Å². The maximum Gasteiger partial charge on any atom is 0.324 e. The number of carbonyl (C=O) groups is 3. The monoisotopic (exact) mass is 392 g/mol. The Bertz CT molecular complexity index is 732. The van der Waals surface area contributed by atoms with Gasteiger partial charge in [-0.15, -0.1) is 0 Å². The fourth-order valence-corrected chi connectivity index (χ4v) is 4.96. The van der Waals surface area contributed by atoms with Gasteiger partial charge in [0.05, 0.1) is 19.8 Å². The Morgan fingerprint density at radius 1 is 0.964 bits per heavy atom. The van der Waals surface area contributed by atoms with Gasteiger partial charge in [-0.3, -0.25) is 14.4 Å². The van der Waals surface area contributed by atoms with Crippen LogP contribution in [0.15, 0.2) is 23.3 Å². The molecule has 0 saturated heterocycles. The van der Waals surface area contributed by atoms with Gasteiger partial charge in [-0.2, -0.15) is 0 Å². The summed E-state index contributed by atoms with van der Waals surface area (Å²) in [5.74, 6) is -1.73. The second-order valence-corrected chi connectivity index (χ2v) is 7.59. The molecule has 0 radical (unpaired) electrons. The van der Waals surface area contributed by atoms with E-state index in [-0.39, 0.29) is 32.7 Å². The molecule has 2 atom stereocenters. The minimum absolute atomic E-state index is 0.0416. The van der Waals surface area contributed by atoms with Crippen molar-refractivity contribution in [3.8, 4) is 0 Å². The molecule has 0 amide bonds. The van der Waals surface area contributed by atoms with E-state index in [0.29, 0.717) is 30.4 Å². The lowest BCUT2D eigenvalue weighted by atomic mass is 9.66.